The summed E-state index contributed by atoms with van der Waals surface area (Å²) in [5.74, 6) is -0.211. The van der Waals surface area contributed by atoms with E-state index in [0.717, 1.165) is 0 Å². The van der Waals surface area contributed by atoms with E-state index in [1.807, 2.05) is 0 Å². The monoisotopic (exact) mass is 367 g/mol. The Kier molecular flexibility index (Phi) is 4.52. The Labute approximate surface area is 146 Å². The lowest BCUT2D eigenvalue weighted by molar-refractivity contribution is 0.102. The lowest BCUT2D eigenvalue weighted by Crippen LogP contribution is -2.11. The number of carbonyl (C=O) groups excluding carboxylic acids is 1. The zero-order chi connectivity index (χ0) is 16.4. The highest BCUT2D eigenvalue weighted by molar-refractivity contribution is 6.36. The number of hydrogen-bond acceptors (Lipinski definition) is 4. The van der Waals surface area contributed by atoms with Gasteiger partial charge in [-0.05, 0) is 42.5 Å². The van der Waals surface area contributed by atoms with Crippen molar-refractivity contribution in [3.05, 3.63) is 63.1 Å². The quantitative estimate of drug-likeness (QED) is 0.710. The summed E-state index contributed by atoms with van der Waals surface area (Å²) in [4.78, 5) is 12.1. The first-order valence-corrected chi connectivity index (χ1v) is 7.52. The van der Waals surface area contributed by atoms with Crippen LogP contribution in [0, 0.1) is 0 Å². The van der Waals surface area contributed by atoms with E-state index < -0.39 is 0 Å². The minimum absolute atomic E-state index is 0.0361. The molecule has 0 spiro atoms. The van der Waals surface area contributed by atoms with Gasteiger partial charge in [-0.15, -0.1) is 5.10 Å². The lowest BCUT2D eigenvalue weighted by atomic mass is 10.2. The Morgan fingerprint density at radius 3 is 2.35 bits per heavy atom. The molecule has 1 N–H and O–H groups in total. The third-order valence-corrected chi connectivity index (χ3v) is 3.71. The molecular formula is C15H8Cl3N3O2. The molecule has 0 atom stereocenters. The second-order valence-electron chi connectivity index (χ2n) is 4.50. The number of rotatable bonds is 3. The molecule has 0 radical (unpaired) electrons. The molecule has 23 heavy (non-hydrogen) atoms. The van der Waals surface area contributed by atoms with Crippen molar-refractivity contribution >= 4 is 46.7 Å². The largest absolute Gasteiger partial charge is 0.403 e. The molecule has 0 aliphatic rings. The van der Waals surface area contributed by atoms with Crippen LogP contribution in [0.25, 0.3) is 11.5 Å². The number of anilines is 1. The van der Waals surface area contributed by atoms with Crippen LogP contribution >= 0.6 is 34.8 Å². The molecule has 3 aromatic rings. The van der Waals surface area contributed by atoms with Crippen LogP contribution in [0.3, 0.4) is 0 Å². The molecule has 1 heterocycles. The maximum absolute atomic E-state index is 12.1. The topological polar surface area (TPSA) is 68.0 Å². The van der Waals surface area contributed by atoms with Crippen LogP contribution in [0.4, 0.5) is 6.01 Å². The average Bonchev–Trinajstić information content (AvgIpc) is 2.96. The molecule has 1 amide bonds. The zero-order valence-corrected chi connectivity index (χ0v) is 13.7. The highest BCUT2D eigenvalue weighted by Gasteiger charge is 2.15. The van der Waals surface area contributed by atoms with Crippen molar-refractivity contribution in [3.8, 4) is 11.5 Å². The van der Waals surface area contributed by atoms with Crippen LogP contribution in [0.15, 0.2) is 46.9 Å². The van der Waals surface area contributed by atoms with Gasteiger partial charge in [0.25, 0.3) is 11.8 Å². The van der Waals surface area contributed by atoms with Crippen LogP contribution in [0.1, 0.15) is 10.4 Å². The molecule has 8 heteroatoms. The third-order valence-electron chi connectivity index (χ3n) is 2.91. The van der Waals surface area contributed by atoms with Gasteiger partial charge in [-0.2, -0.15) is 0 Å². The number of amides is 1. The highest BCUT2D eigenvalue weighted by Crippen LogP contribution is 2.30. The molecule has 0 unspecified atom stereocenters. The van der Waals surface area contributed by atoms with Crippen molar-refractivity contribution in [2.45, 2.75) is 0 Å². The number of benzene rings is 2. The van der Waals surface area contributed by atoms with E-state index in [-0.39, 0.29) is 17.8 Å². The van der Waals surface area contributed by atoms with Crippen LogP contribution in [0.5, 0.6) is 0 Å². The van der Waals surface area contributed by atoms with Gasteiger partial charge < -0.3 is 4.42 Å². The first-order valence-electron chi connectivity index (χ1n) is 6.39. The van der Waals surface area contributed by atoms with Gasteiger partial charge >= 0.3 is 6.01 Å². The number of halogens is 3. The van der Waals surface area contributed by atoms with Crippen LogP contribution in [-0.4, -0.2) is 16.1 Å². The van der Waals surface area contributed by atoms with Crippen molar-refractivity contribution < 1.29 is 9.21 Å². The first-order chi connectivity index (χ1) is 11.0. The van der Waals surface area contributed by atoms with Crippen LogP contribution in [0.2, 0.25) is 15.1 Å². The maximum Gasteiger partial charge on any atom is 0.322 e. The molecule has 3 rings (SSSR count). The van der Waals surface area contributed by atoms with Crippen molar-refractivity contribution in [2.75, 3.05) is 5.32 Å². The lowest BCUT2D eigenvalue weighted by Gasteiger charge is -2.01. The molecule has 0 saturated carbocycles. The van der Waals surface area contributed by atoms with Crippen molar-refractivity contribution in [3.63, 3.8) is 0 Å². The van der Waals surface area contributed by atoms with Gasteiger partial charge in [0, 0.05) is 15.6 Å². The number of nitrogens with zero attached hydrogens (tertiary/aromatic N) is 2. The van der Waals surface area contributed by atoms with Crippen molar-refractivity contribution in [1.29, 1.82) is 0 Å². The fourth-order valence-corrected chi connectivity index (χ4v) is 2.43. The zero-order valence-electron chi connectivity index (χ0n) is 11.4. The van der Waals surface area contributed by atoms with Crippen LogP contribution in [-0.2, 0) is 0 Å². The molecule has 0 fully saturated rings. The van der Waals surface area contributed by atoms with Crippen molar-refractivity contribution in [1.82, 2.24) is 10.2 Å². The summed E-state index contributed by atoms with van der Waals surface area (Å²) in [7, 11) is 0. The molecule has 1 aromatic heterocycles. The predicted octanol–water partition coefficient (Wildman–Crippen LogP) is 4.95. The molecule has 5 nitrogen and oxygen atoms in total. The minimum Gasteiger partial charge on any atom is -0.403 e. The molecule has 0 aliphatic heterocycles. The van der Waals surface area contributed by atoms with Gasteiger partial charge in [-0.3, -0.25) is 10.1 Å². The van der Waals surface area contributed by atoms with Gasteiger partial charge in [-0.1, -0.05) is 39.9 Å². The van der Waals surface area contributed by atoms with Crippen molar-refractivity contribution in [2.24, 2.45) is 0 Å². The van der Waals surface area contributed by atoms with E-state index in [9.17, 15) is 4.79 Å². The molecule has 0 bridgehead atoms. The second kappa shape index (κ2) is 6.58. The smallest absolute Gasteiger partial charge is 0.322 e. The van der Waals surface area contributed by atoms with Gasteiger partial charge in [-0.25, -0.2) is 0 Å². The number of hydrogen-bond donors (Lipinski definition) is 1. The Hall–Kier alpha value is -2.08. The summed E-state index contributed by atoms with van der Waals surface area (Å²) in [6, 6.07) is 11.2. The second-order valence-corrected chi connectivity index (χ2v) is 5.78. The summed E-state index contributed by atoms with van der Waals surface area (Å²) in [6.07, 6.45) is 0. The van der Waals surface area contributed by atoms with E-state index in [1.54, 1.807) is 42.5 Å². The van der Waals surface area contributed by atoms with E-state index >= 15 is 0 Å². The minimum atomic E-state index is -0.390. The van der Waals surface area contributed by atoms with Gasteiger partial charge in [0.1, 0.15) is 0 Å². The summed E-state index contributed by atoms with van der Waals surface area (Å²) < 4.78 is 5.40. The fraction of sp³-hybridized carbons (Fsp3) is 0. The predicted molar refractivity (Wildman–Crippen MR) is 89.2 cm³/mol. The fourth-order valence-electron chi connectivity index (χ4n) is 1.82. The highest BCUT2D eigenvalue weighted by atomic mass is 35.5. The van der Waals surface area contributed by atoms with E-state index in [1.165, 1.54) is 0 Å². The standard InChI is InChI=1S/C15H8Cl3N3O2/c16-9-3-1-8(2-4-9)13(22)19-15-21-20-14(23-15)11-6-5-10(17)7-12(11)18/h1-7H,(H,19,21,22). The normalized spacial score (nSPS) is 10.6. The summed E-state index contributed by atoms with van der Waals surface area (Å²) >= 11 is 17.7. The Balaban J connectivity index is 1.79. The number of nitrogens with one attached hydrogen (secondary N) is 1. The molecular weight excluding hydrogens is 361 g/mol. The van der Waals surface area contributed by atoms with E-state index in [4.69, 9.17) is 39.2 Å². The molecule has 2 aromatic carbocycles. The number of aromatic nitrogens is 2. The average molecular weight is 369 g/mol. The maximum atomic E-state index is 12.1. The molecule has 116 valence electrons. The summed E-state index contributed by atoms with van der Waals surface area (Å²) in [5, 5.41) is 11.5. The Bertz CT molecular complexity index is 863. The SMILES string of the molecule is O=C(Nc1nnc(-c2ccc(Cl)cc2Cl)o1)c1ccc(Cl)cc1. The molecule has 0 aliphatic carbocycles. The van der Waals surface area contributed by atoms with Crippen LogP contribution < -0.4 is 5.32 Å². The number of carbonyl (C=O) groups is 1. The molecule has 0 saturated heterocycles. The first kappa shape index (κ1) is 15.8. The van der Waals surface area contributed by atoms with Gasteiger partial charge in [0.15, 0.2) is 0 Å². The third kappa shape index (κ3) is 3.64. The summed E-state index contributed by atoms with van der Waals surface area (Å²) in [5.41, 5.74) is 0.939. The van der Waals surface area contributed by atoms with Gasteiger partial charge in [0.05, 0.1) is 10.6 Å². The summed E-state index contributed by atoms with van der Waals surface area (Å²) in [6.45, 7) is 0. The van der Waals surface area contributed by atoms with Gasteiger partial charge in [0.2, 0.25) is 0 Å². The Morgan fingerprint density at radius 2 is 1.65 bits per heavy atom. The van der Waals surface area contributed by atoms with E-state index in [2.05, 4.69) is 15.5 Å². The van der Waals surface area contributed by atoms with E-state index in [0.29, 0.717) is 26.2 Å². The Morgan fingerprint density at radius 1 is 0.957 bits per heavy atom.